The molecule has 4 nitrogen and oxygen atoms in total. The second kappa shape index (κ2) is 9.24. The van der Waals surface area contributed by atoms with E-state index in [0.29, 0.717) is 5.92 Å². The fraction of sp³-hybridized carbons (Fsp3) is 0.458. The molecule has 1 fully saturated rings. The molecule has 1 saturated heterocycles. The molecular weight excluding hydrogens is 348 g/mol. The van der Waals surface area contributed by atoms with Gasteiger partial charge in [-0.1, -0.05) is 44.2 Å². The zero-order valence-corrected chi connectivity index (χ0v) is 17.5. The van der Waals surface area contributed by atoms with E-state index in [0.717, 1.165) is 49.5 Å². The zero-order valence-electron chi connectivity index (χ0n) is 17.5. The normalized spacial score (nSPS) is 15.6. The number of likely N-dealkylation sites (tertiary alicyclic amines) is 1. The van der Waals surface area contributed by atoms with Gasteiger partial charge in [-0.05, 0) is 67.6 Å². The zero-order chi connectivity index (χ0) is 20.1. The number of nitrogens with one attached hydrogen (secondary N) is 1. The Hall–Kier alpha value is -2.33. The van der Waals surface area contributed by atoms with Gasteiger partial charge in [-0.15, -0.1) is 0 Å². The number of anilines is 1. The molecule has 0 atom stereocenters. The Morgan fingerprint density at radius 1 is 1.18 bits per heavy atom. The lowest BCUT2D eigenvalue weighted by Crippen LogP contribution is -2.38. The highest BCUT2D eigenvalue weighted by atomic mass is 16.5. The number of nitrogens with zero attached hydrogens (tertiary/aromatic N) is 1. The minimum Gasteiger partial charge on any atom is -0.497 e. The number of carbonyl (C=O) groups is 1. The van der Waals surface area contributed by atoms with E-state index < -0.39 is 0 Å². The first-order valence-corrected chi connectivity index (χ1v) is 10.2. The van der Waals surface area contributed by atoms with E-state index in [1.54, 1.807) is 7.11 Å². The van der Waals surface area contributed by atoms with Gasteiger partial charge in [0.15, 0.2) is 0 Å². The van der Waals surface area contributed by atoms with Crippen molar-refractivity contribution >= 4 is 11.6 Å². The molecule has 1 N–H and O–H groups in total. The fourth-order valence-electron chi connectivity index (χ4n) is 3.95. The maximum absolute atomic E-state index is 12.9. The van der Waals surface area contributed by atoms with Gasteiger partial charge in [-0.25, -0.2) is 0 Å². The molecule has 0 aromatic heterocycles. The number of aryl methyl sites for hydroxylation is 1. The van der Waals surface area contributed by atoms with Crippen molar-refractivity contribution in [2.24, 2.45) is 5.92 Å². The van der Waals surface area contributed by atoms with E-state index in [-0.39, 0.29) is 11.8 Å². The first-order valence-electron chi connectivity index (χ1n) is 10.2. The molecule has 2 aromatic rings. The van der Waals surface area contributed by atoms with Crippen LogP contribution in [0.4, 0.5) is 5.69 Å². The number of methoxy groups -OCH3 is 1. The molecule has 0 radical (unpaired) electrons. The van der Waals surface area contributed by atoms with Gasteiger partial charge in [0.2, 0.25) is 5.91 Å². The van der Waals surface area contributed by atoms with Gasteiger partial charge in [-0.3, -0.25) is 9.69 Å². The van der Waals surface area contributed by atoms with Crippen LogP contribution in [0, 0.1) is 12.8 Å². The molecule has 150 valence electrons. The van der Waals surface area contributed by atoms with Gasteiger partial charge in [0.25, 0.3) is 0 Å². The number of amides is 1. The number of hydrogen-bond acceptors (Lipinski definition) is 3. The molecule has 2 aromatic carbocycles. The second-order valence-electron chi connectivity index (χ2n) is 8.09. The number of benzene rings is 2. The van der Waals surface area contributed by atoms with Gasteiger partial charge >= 0.3 is 0 Å². The molecule has 28 heavy (non-hydrogen) atoms. The van der Waals surface area contributed by atoms with Crippen molar-refractivity contribution in [3.05, 3.63) is 59.2 Å². The predicted octanol–water partition coefficient (Wildman–Crippen LogP) is 4.98. The summed E-state index contributed by atoms with van der Waals surface area (Å²) in [5, 5.41) is 3.24. The van der Waals surface area contributed by atoms with Gasteiger partial charge in [0.05, 0.1) is 7.11 Å². The largest absolute Gasteiger partial charge is 0.497 e. The van der Waals surface area contributed by atoms with Crippen molar-refractivity contribution in [2.45, 2.75) is 46.1 Å². The van der Waals surface area contributed by atoms with Crippen LogP contribution in [-0.4, -0.2) is 31.0 Å². The molecule has 1 amide bonds. The van der Waals surface area contributed by atoms with E-state index in [4.69, 9.17) is 4.74 Å². The summed E-state index contributed by atoms with van der Waals surface area (Å²) in [6.45, 7) is 9.20. The third-order valence-corrected chi connectivity index (χ3v) is 5.67. The number of carbonyl (C=O) groups excluding carboxylic acids is 1. The quantitative estimate of drug-likeness (QED) is 0.769. The lowest BCUT2D eigenvalue weighted by Gasteiger charge is -2.31. The number of rotatable bonds is 6. The monoisotopic (exact) mass is 380 g/mol. The van der Waals surface area contributed by atoms with Crippen molar-refractivity contribution in [1.29, 1.82) is 0 Å². The number of piperidine rings is 1. The smallest absolute Gasteiger partial charge is 0.227 e. The Labute approximate surface area is 168 Å². The molecule has 0 bridgehead atoms. The van der Waals surface area contributed by atoms with E-state index in [2.05, 4.69) is 61.3 Å². The van der Waals surface area contributed by atoms with E-state index >= 15 is 0 Å². The van der Waals surface area contributed by atoms with Gasteiger partial charge in [0, 0.05) is 18.2 Å². The van der Waals surface area contributed by atoms with Crippen LogP contribution in [0.3, 0.4) is 0 Å². The Morgan fingerprint density at radius 3 is 2.57 bits per heavy atom. The molecular formula is C24H32N2O2. The van der Waals surface area contributed by atoms with Crippen molar-refractivity contribution in [3.8, 4) is 5.75 Å². The second-order valence-corrected chi connectivity index (χ2v) is 8.09. The average Bonchev–Trinajstić information content (AvgIpc) is 2.70. The highest BCUT2D eigenvalue weighted by Gasteiger charge is 2.26. The van der Waals surface area contributed by atoms with Crippen LogP contribution in [0.25, 0.3) is 0 Å². The third kappa shape index (κ3) is 4.93. The standard InChI is InChI=1S/C24H32N2O2/c1-17(2)22-10-5-7-18(3)23(22)25-24(27)20-11-13-26(14-12-20)16-19-8-6-9-21(15-19)28-4/h5-10,15,17,20H,11-14,16H2,1-4H3,(H,25,27). The third-order valence-electron chi connectivity index (χ3n) is 5.67. The van der Waals surface area contributed by atoms with Crippen molar-refractivity contribution in [1.82, 2.24) is 4.90 Å². The highest BCUT2D eigenvalue weighted by molar-refractivity contribution is 5.94. The summed E-state index contributed by atoms with van der Waals surface area (Å²) < 4.78 is 5.31. The summed E-state index contributed by atoms with van der Waals surface area (Å²) in [7, 11) is 1.70. The molecule has 0 saturated carbocycles. The molecule has 3 rings (SSSR count). The maximum Gasteiger partial charge on any atom is 0.227 e. The summed E-state index contributed by atoms with van der Waals surface area (Å²) in [4.78, 5) is 15.3. The van der Waals surface area contributed by atoms with E-state index in [1.807, 2.05) is 12.1 Å². The topological polar surface area (TPSA) is 41.6 Å². The Bertz CT molecular complexity index is 808. The van der Waals surface area contributed by atoms with Crippen LogP contribution in [0.1, 0.15) is 49.3 Å². The van der Waals surface area contributed by atoms with Crippen LogP contribution < -0.4 is 10.1 Å². The number of ether oxygens (including phenoxy) is 1. The molecule has 4 heteroatoms. The summed E-state index contributed by atoms with van der Waals surface area (Å²) in [5.41, 5.74) is 4.60. The van der Waals surface area contributed by atoms with Crippen LogP contribution in [0.15, 0.2) is 42.5 Å². The SMILES string of the molecule is COc1cccc(CN2CCC(C(=O)Nc3c(C)cccc3C(C)C)CC2)c1. The molecule has 1 aliphatic rings. The Morgan fingerprint density at radius 2 is 1.89 bits per heavy atom. The van der Waals surface area contributed by atoms with Crippen molar-refractivity contribution < 1.29 is 9.53 Å². The molecule has 1 heterocycles. The first-order chi connectivity index (χ1) is 13.5. The molecule has 0 aliphatic carbocycles. The maximum atomic E-state index is 12.9. The fourth-order valence-corrected chi connectivity index (χ4v) is 3.95. The lowest BCUT2D eigenvalue weighted by molar-refractivity contribution is -0.121. The molecule has 1 aliphatic heterocycles. The van der Waals surface area contributed by atoms with E-state index in [9.17, 15) is 4.79 Å². The Kier molecular flexibility index (Phi) is 6.74. The molecule has 0 spiro atoms. The first kappa shape index (κ1) is 20.4. The summed E-state index contributed by atoms with van der Waals surface area (Å²) >= 11 is 0. The predicted molar refractivity (Wildman–Crippen MR) is 115 cm³/mol. The van der Waals surface area contributed by atoms with Crippen LogP contribution in [0.2, 0.25) is 0 Å². The van der Waals surface area contributed by atoms with Crippen LogP contribution in [0.5, 0.6) is 5.75 Å². The van der Waals surface area contributed by atoms with Crippen molar-refractivity contribution in [3.63, 3.8) is 0 Å². The van der Waals surface area contributed by atoms with Crippen molar-refractivity contribution in [2.75, 3.05) is 25.5 Å². The summed E-state index contributed by atoms with van der Waals surface area (Å²) in [5.74, 6) is 1.53. The minimum absolute atomic E-state index is 0.0844. The van der Waals surface area contributed by atoms with Gasteiger partial charge in [0.1, 0.15) is 5.75 Å². The number of hydrogen-bond donors (Lipinski definition) is 1. The molecule has 0 unspecified atom stereocenters. The van der Waals surface area contributed by atoms with Gasteiger partial charge < -0.3 is 10.1 Å². The van der Waals surface area contributed by atoms with Gasteiger partial charge in [-0.2, -0.15) is 0 Å². The summed E-state index contributed by atoms with van der Waals surface area (Å²) in [6.07, 6.45) is 1.80. The van der Waals surface area contributed by atoms with Crippen LogP contribution >= 0.6 is 0 Å². The average molecular weight is 381 g/mol. The lowest BCUT2D eigenvalue weighted by atomic mass is 9.94. The highest BCUT2D eigenvalue weighted by Crippen LogP contribution is 2.29. The number of para-hydroxylation sites is 1. The Balaban J connectivity index is 1.57. The summed E-state index contributed by atoms with van der Waals surface area (Å²) in [6, 6.07) is 14.5. The van der Waals surface area contributed by atoms with E-state index in [1.165, 1.54) is 11.1 Å². The minimum atomic E-state index is 0.0844. The van der Waals surface area contributed by atoms with Crippen LogP contribution in [-0.2, 0) is 11.3 Å².